The smallest absolute Gasteiger partial charge is 0.220 e. The number of aliphatic hydroxyl groups is 1. The fourth-order valence-corrected chi connectivity index (χ4v) is 4.36. The number of likely N-dealkylation sites (tertiary alicyclic amines) is 1. The fraction of sp³-hybridized carbons (Fsp3) is 0.654. The van der Waals surface area contributed by atoms with E-state index in [2.05, 4.69) is 16.8 Å². The van der Waals surface area contributed by atoms with Gasteiger partial charge in [-0.15, -0.1) is 0 Å². The van der Waals surface area contributed by atoms with Crippen LogP contribution in [0.4, 0.5) is 0 Å². The van der Waals surface area contributed by atoms with Gasteiger partial charge in [-0.05, 0) is 49.8 Å². The first kappa shape index (κ1) is 26.4. The van der Waals surface area contributed by atoms with E-state index in [1.54, 1.807) is 12.1 Å². The third-order valence-corrected chi connectivity index (χ3v) is 6.27. The zero-order valence-corrected chi connectivity index (χ0v) is 19.7. The molecule has 6 nitrogen and oxygen atoms in total. The van der Waals surface area contributed by atoms with E-state index in [1.165, 1.54) is 5.57 Å². The van der Waals surface area contributed by atoms with Gasteiger partial charge in [-0.2, -0.15) is 0 Å². The molecular formula is C26H42N2O4. The molecule has 0 aromatic heterocycles. The van der Waals surface area contributed by atoms with Crippen molar-refractivity contribution >= 4 is 5.91 Å². The number of phenolic OH excluding ortho intramolecular Hbond substituents is 1. The van der Waals surface area contributed by atoms with Gasteiger partial charge in [0.2, 0.25) is 5.91 Å². The van der Waals surface area contributed by atoms with Gasteiger partial charge in [0.25, 0.3) is 0 Å². The molecule has 3 N–H and O–H groups in total. The number of aromatic hydroxyl groups is 1. The number of aliphatic hydroxyl groups excluding tert-OH is 1. The van der Waals surface area contributed by atoms with Crippen LogP contribution in [0, 0.1) is 5.92 Å². The lowest BCUT2D eigenvalue weighted by atomic mass is 9.85. The molecule has 1 fully saturated rings. The van der Waals surface area contributed by atoms with E-state index in [0.29, 0.717) is 13.0 Å². The van der Waals surface area contributed by atoms with E-state index >= 15 is 0 Å². The highest BCUT2D eigenvalue weighted by atomic mass is 16.5. The monoisotopic (exact) mass is 446 g/mol. The third-order valence-electron chi connectivity index (χ3n) is 6.27. The Balaban J connectivity index is 1.82. The molecule has 0 aliphatic carbocycles. The van der Waals surface area contributed by atoms with Crippen molar-refractivity contribution in [3.63, 3.8) is 0 Å². The second-order valence-corrected chi connectivity index (χ2v) is 8.89. The Morgan fingerprint density at radius 1 is 1.19 bits per heavy atom. The predicted molar refractivity (Wildman–Crippen MR) is 129 cm³/mol. The number of phenols is 1. The summed E-state index contributed by atoms with van der Waals surface area (Å²) in [6, 6.07) is 7.03. The van der Waals surface area contributed by atoms with Crippen molar-refractivity contribution in [2.45, 2.75) is 57.8 Å². The first-order valence-corrected chi connectivity index (χ1v) is 12.2. The van der Waals surface area contributed by atoms with E-state index in [-0.39, 0.29) is 30.1 Å². The summed E-state index contributed by atoms with van der Waals surface area (Å²) >= 11 is 0. The van der Waals surface area contributed by atoms with Gasteiger partial charge in [-0.25, -0.2) is 0 Å². The molecule has 32 heavy (non-hydrogen) atoms. The molecule has 2 unspecified atom stereocenters. The van der Waals surface area contributed by atoms with Gasteiger partial charge in [-0.1, -0.05) is 43.5 Å². The fourth-order valence-electron chi connectivity index (χ4n) is 4.36. The third kappa shape index (κ3) is 9.72. The van der Waals surface area contributed by atoms with Crippen LogP contribution in [-0.4, -0.2) is 67.0 Å². The Kier molecular flexibility index (Phi) is 12.4. The SMILES string of the molecule is C=C1CCN(CC(CNC(=O)CCCCCCCOCC)C(CO)c2ccc(O)cc2)C1. The van der Waals surface area contributed by atoms with Crippen molar-refractivity contribution in [1.82, 2.24) is 10.2 Å². The lowest BCUT2D eigenvalue weighted by molar-refractivity contribution is -0.121. The van der Waals surface area contributed by atoms with Crippen LogP contribution in [0.1, 0.15) is 63.4 Å². The van der Waals surface area contributed by atoms with Crippen molar-refractivity contribution in [2.24, 2.45) is 5.92 Å². The normalized spacial score (nSPS) is 16.2. The number of benzene rings is 1. The van der Waals surface area contributed by atoms with Crippen molar-refractivity contribution in [3.05, 3.63) is 42.0 Å². The summed E-state index contributed by atoms with van der Waals surface area (Å²) in [6.07, 6.45) is 6.88. The zero-order chi connectivity index (χ0) is 23.2. The van der Waals surface area contributed by atoms with E-state index < -0.39 is 0 Å². The van der Waals surface area contributed by atoms with Gasteiger partial charge >= 0.3 is 0 Å². The summed E-state index contributed by atoms with van der Waals surface area (Å²) < 4.78 is 5.35. The number of ether oxygens (including phenoxy) is 1. The molecule has 1 saturated heterocycles. The van der Waals surface area contributed by atoms with Crippen molar-refractivity contribution in [2.75, 3.05) is 46.0 Å². The van der Waals surface area contributed by atoms with Gasteiger partial charge in [-0.3, -0.25) is 9.69 Å². The summed E-state index contributed by atoms with van der Waals surface area (Å²) in [5.74, 6) is 0.273. The maximum atomic E-state index is 12.4. The molecule has 1 aliphatic heterocycles. The molecule has 1 heterocycles. The van der Waals surface area contributed by atoms with Crippen LogP contribution >= 0.6 is 0 Å². The maximum absolute atomic E-state index is 12.4. The van der Waals surface area contributed by atoms with E-state index in [0.717, 1.165) is 76.9 Å². The molecule has 2 atom stereocenters. The minimum atomic E-state index is -0.102. The summed E-state index contributed by atoms with van der Waals surface area (Å²) in [7, 11) is 0. The standard InChI is InChI=1S/C26H42N2O4/c1-3-32-16-8-6-4-5-7-9-26(31)27-17-23(19-28-15-14-21(2)18-28)25(20-29)22-10-12-24(30)13-11-22/h10-13,23,25,29-30H,2-9,14-20H2,1H3,(H,27,31). The Morgan fingerprint density at radius 3 is 2.56 bits per heavy atom. The predicted octanol–water partition coefficient (Wildman–Crippen LogP) is 3.84. The lowest BCUT2D eigenvalue weighted by Gasteiger charge is -2.30. The molecule has 180 valence electrons. The highest BCUT2D eigenvalue weighted by molar-refractivity contribution is 5.75. The van der Waals surface area contributed by atoms with Crippen LogP contribution < -0.4 is 5.32 Å². The number of hydrogen-bond acceptors (Lipinski definition) is 5. The Labute approximate surface area is 193 Å². The number of rotatable bonds is 16. The number of nitrogens with one attached hydrogen (secondary N) is 1. The van der Waals surface area contributed by atoms with E-state index in [1.807, 2.05) is 19.1 Å². The van der Waals surface area contributed by atoms with Crippen molar-refractivity contribution in [3.8, 4) is 5.75 Å². The van der Waals surface area contributed by atoms with E-state index in [4.69, 9.17) is 4.74 Å². The first-order chi connectivity index (χ1) is 15.5. The highest BCUT2D eigenvalue weighted by Crippen LogP contribution is 2.28. The van der Waals surface area contributed by atoms with E-state index in [9.17, 15) is 15.0 Å². The summed E-state index contributed by atoms with van der Waals surface area (Å²) in [6.45, 7) is 10.9. The molecule has 2 rings (SSSR count). The van der Waals surface area contributed by atoms with Gasteiger partial charge < -0.3 is 20.3 Å². The number of hydrogen-bond donors (Lipinski definition) is 3. The Bertz CT molecular complexity index is 677. The average molecular weight is 447 g/mol. The van der Waals surface area contributed by atoms with Crippen LogP contribution in [0.2, 0.25) is 0 Å². The molecule has 6 heteroatoms. The number of unbranched alkanes of at least 4 members (excludes halogenated alkanes) is 4. The minimum Gasteiger partial charge on any atom is -0.508 e. The molecule has 0 spiro atoms. The van der Waals surface area contributed by atoms with Crippen molar-refractivity contribution < 1.29 is 19.7 Å². The van der Waals surface area contributed by atoms with Crippen LogP contribution in [0.15, 0.2) is 36.4 Å². The number of amides is 1. The van der Waals surface area contributed by atoms with Crippen molar-refractivity contribution in [1.29, 1.82) is 0 Å². The Morgan fingerprint density at radius 2 is 1.91 bits per heavy atom. The number of nitrogens with zero attached hydrogens (tertiary/aromatic N) is 1. The molecule has 1 aromatic carbocycles. The van der Waals surface area contributed by atoms with Crippen LogP contribution in [0.3, 0.4) is 0 Å². The molecule has 0 saturated carbocycles. The Hall–Kier alpha value is -1.89. The van der Waals surface area contributed by atoms with Gasteiger partial charge in [0, 0.05) is 51.7 Å². The maximum Gasteiger partial charge on any atom is 0.220 e. The largest absolute Gasteiger partial charge is 0.508 e. The number of carbonyl (C=O) groups is 1. The first-order valence-electron chi connectivity index (χ1n) is 12.2. The summed E-state index contributed by atoms with van der Waals surface area (Å²) in [4.78, 5) is 14.8. The van der Waals surface area contributed by atoms with Gasteiger partial charge in [0.05, 0.1) is 6.61 Å². The lowest BCUT2D eigenvalue weighted by Crippen LogP contribution is -2.39. The quantitative estimate of drug-likeness (QED) is 0.265. The van der Waals surface area contributed by atoms with Gasteiger partial charge in [0.1, 0.15) is 5.75 Å². The molecular weight excluding hydrogens is 404 g/mol. The molecule has 0 radical (unpaired) electrons. The van der Waals surface area contributed by atoms with Gasteiger partial charge in [0.15, 0.2) is 0 Å². The number of carbonyl (C=O) groups excluding carboxylic acids is 1. The zero-order valence-electron chi connectivity index (χ0n) is 19.7. The second kappa shape index (κ2) is 15.0. The average Bonchev–Trinajstić information content (AvgIpc) is 3.20. The topological polar surface area (TPSA) is 82.0 Å². The highest BCUT2D eigenvalue weighted by Gasteiger charge is 2.27. The van der Waals surface area contributed by atoms with Crippen LogP contribution in [0.25, 0.3) is 0 Å². The minimum absolute atomic E-state index is 0.00183. The summed E-state index contributed by atoms with van der Waals surface area (Å²) in [5, 5.41) is 22.9. The molecule has 1 amide bonds. The second-order valence-electron chi connectivity index (χ2n) is 8.89. The molecule has 0 bridgehead atoms. The van der Waals surface area contributed by atoms with Crippen LogP contribution in [-0.2, 0) is 9.53 Å². The summed E-state index contributed by atoms with van der Waals surface area (Å²) in [5.41, 5.74) is 2.22. The molecule has 1 aliphatic rings. The molecule has 1 aromatic rings. The van der Waals surface area contributed by atoms with Crippen LogP contribution in [0.5, 0.6) is 5.75 Å².